The number of nitrogens with zero attached hydrogens (tertiary/aromatic N) is 1. The van der Waals surface area contributed by atoms with Crippen molar-refractivity contribution in [2.45, 2.75) is 63.0 Å². The van der Waals surface area contributed by atoms with Gasteiger partial charge in [-0.1, -0.05) is 30.2 Å². The fourth-order valence-electron chi connectivity index (χ4n) is 6.90. The summed E-state index contributed by atoms with van der Waals surface area (Å²) in [7, 11) is -3.00. The normalized spacial score (nSPS) is 40.7. The topological polar surface area (TPSA) is 70.3 Å². The zero-order chi connectivity index (χ0) is 22.2. The first kappa shape index (κ1) is 22.3. The third-order valence-electron chi connectivity index (χ3n) is 8.85. The minimum Gasteiger partial charge on any atom is -0.290 e. The first-order valence-corrected chi connectivity index (χ1v) is 14.3. The maximum absolute atomic E-state index is 11.9. The molecule has 4 aliphatic carbocycles. The van der Waals surface area contributed by atoms with Crippen LogP contribution in [0.3, 0.4) is 0 Å². The molecular weight excluding hydrogens is 437 g/mol. The lowest BCUT2D eigenvalue weighted by Crippen LogP contribution is -2.63. The Labute approximate surface area is 189 Å². The Kier molecular flexibility index (Phi) is 5.05. The van der Waals surface area contributed by atoms with Crippen LogP contribution in [0.4, 0.5) is 0 Å². The molecule has 2 saturated carbocycles. The van der Waals surface area contributed by atoms with E-state index in [4.69, 9.17) is 27.8 Å². The van der Waals surface area contributed by atoms with Crippen molar-refractivity contribution in [1.29, 1.82) is 5.26 Å². The summed E-state index contributed by atoms with van der Waals surface area (Å²) < 4.78 is 3.37. The Bertz CT molecular complexity index is 933. The highest BCUT2D eigenvalue weighted by molar-refractivity contribution is 6.91. The van der Waals surface area contributed by atoms with E-state index >= 15 is 0 Å². The van der Waals surface area contributed by atoms with Gasteiger partial charge in [0.05, 0.1) is 11.5 Å². The van der Waals surface area contributed by atoms with Crippen molar-refractivity contribution in [2.24, 2.45) is 28.1 Å². The quantitative estimate of drug-likeness (QED) is 0.179. The molecule has 1 N–H and O–H groups in total. The Morgan fingerprint density at radius 2 is 2.03 bits per heavy atom. The number of rotatable bonds is 3. The molecule has 0 saturated heterocycles. The van der Waals surface area contributed by atoms with Gasteiger partial charge in [0.2, 0.25) is 0 Å². The summed E-state index contributed by atoms with van der Waals surface area (Å²) in [6.45, 7) is 7.87. The van der Waals surface area contributed by atoms with Crippen LogP contribution in [-0.4, -0.2) is 23.3 Å². The molecule has 162 valence electrons. The number of hydrogen-bond acceptors (Lipinski definition) is 4. The van der Waals surface area contributed by atoms with Gasteiger partial charge in [-0.05, 0) is 81.5 Å². The first-order valence-electron chi connectivity index (χ1n) is 10.7. The molecule has 4 nitrogen and oxygen atoms in total. The summed E-state index contributed by atoms with van der Waals surface area (Å²) in [6, 6.07) is 2.55. The van der Waals surface area contributed by atoms with E-state index in [0.717, 1.165) is 19.3 Å². The smallest absolute Gasteiger partial charge is 0.270 e. The lowest BCUT2D eigenvalue weighted by molar-refractivity contribution is -0.154. The lowest BCUT2D eigenvalue weighted by atomic mass is 9.50. The van der Waals surface area contributed by atoms with Crippen molar-refractivity contribution in [2.75, 3.05) is 0 Å². The van der Waals surface area contributed by atoms with Gasteiger partial charge < -0.3 is 0 Å². The zero-order valence-electron chi connectivity index (χ0n) is 18.0. The molecule has 0 aliphatic heterocycles. The molecule has 0 aromatic heterocycles. The van der Waals surface area contributed by atoms with Crippen LogP contribution in [0.15, 0.2) is 35.5 Å². The molecule has 5 atom stereocenters. The van der Waals surface area contributed by atoms with E-state index in [9.17, 15) is 15.3 Å². The van der Waals surface area contributed by atoms with Crippen LogP contribution in [0.2, 0.25) is 13.1 Å². The second-order valence-corrected chi connectivity index (χ2v) is 16.3. The Hall–Kier alpha value is -0.903. The van der Waals surface area contributed by atoms with Crippen LogP contribution in [-0.2, 0) is 9.37 Å². The zero-order valence-corrected chi connectivity index (χ0v) is 20.5. The van der Waals surface area contributed by atoms with Crippen molar-refractivity contribution in [1.82, 2.24) is 0 Å². The number of carbonyl (C=O) groups is 1. The van der Waals surface area contributed by atoms with Crippen molar-refractivity contribution in [3.05, 3.63) is 35.5 Å². The lowest BCUT2D eigenvalue weighted by Gasteiger charge is -2.56. The van der Waals surface area contributed by atoms with Crippen LogP contribution in [0.5, 0.6) is 0 Å². The summed E-state index contributed by atoms with van der Waals surface area (Å²) in [5, 5.41) is 20.0. The fourth-order valence-corrected chi connectivity index (χ4v) is 9.42. The molecule has 0 aromatic rings. The molecule has 0 amide bonds. The van der Waals surface area contributed by atoms with Gasteiger partial charge in [-0.2, -0.15) is 5.26 Å². The highest BCUT2D eigenvalue weighted by Crippen LogP contribution is 2.72. The van der Waals surface area contributed by atoms with Crippen molar-refractivity contribution < 1.29 is 14.6 Å². The number of nitriles is 1. The van der Waals surface area contributed by atoms with Gasteiger partial charge in [0.15, 0.2) is 9.74 Å². The molecule has 2 unspecified atom stereocenters. The van der Waals surface area contributed by atoms with Gasteiger partial charge in [-0.25, -0.2) is 0 Å². The predicted molar refractivity (Wildman–Crippen MR) is 120 cm³/mol. The van der Waals surface area contributed by atoms with Gasteiger partial charge in [0, 0.05) is 5.41 Å². The number of fused-ring (bicyclic) bond motifs is 5. The summed E-state index contributed by atoms with van der Waals surface area (Å²) in [5.74, 6) is 0.654. The van der Waals surface area contributed by atoms with Gasteiger partial charge >= 0.3 is 0 Å². The highest BCUT2D eigenvalue weighted by Gasteiger charge is 2.73. The van der Waals surface area contributed by atoms with E-state index in [1.165, 1.54) is 11.1 Å². The van der Waals surface area contributed by atoms with E-state index in [-0.39, 0.29) is 17.1 Å². The SMILES string of the molecule is C[C@]12C=CC(=O)C=C1CCC1C2=CC[C@@]2(C)C1CC[C@@]2(C#N)C(Cl)(Cl)[Si](C)(C)OO. The molecule has 0 bridgehead atoms. The van der Waals surface area contributed by atoms with Crippen molar-refractivity contribution >= 4 is 37.3 Å². The van der Waals surface area contributed by atoms with Crippen molar-refractivity contribution in [3.8, 4) is 6.07 Å². The van der Waals surface area contributed by atoms with Crippen molar-refractivity contribution in [3.63, 3.8) is 0 Å². The summed E-state index contributed by atoms with van der Waals surface area (Å²) in [5.41, 5.74) is 0.899. The molecule has 4 rings (SSSR count). The van der Waals surface area contributed by atoms with Crippen LogP contribution in [0.1, 0.15) is 46.0 Å². The van der Waals surface area contributed by atoms with E-state index in [1.807, 2.05) is 0 Å². The van der Waals surface area contributed by atoms with Crippen LogP contribution < -0.4 is 0 Å². The van der Waals surface area contributed by atoms with Gasteiger partial charge in [-0.3, -0.25) is 14.6 Å². The van der Waals surface area contributed by atoms with E-state index < -0.39 is 23.1 Å². The molecule has 30 heavy (non-hydrogen) atoms. The summed E-state index contributed by atoms with van der Waals surface area (Å²) >= 11 is 13.9. The Morgan fingerprint density at radius 1 is 1.33 bits per heavy atom. The number of hydrogen-bond donors (Lipinski definition) is 1. The second kappa shape index (κ2) is 6.80. The number of halogens is 2. The first-order chi connectivity index (χ1) is 13.9. The Balaban J connectivity index is 1.81. The largest absolute Gasteiger partial charge is 0.290 e. The van der Waals surface area contributed by atoms with E-state index in [0.29, 0.717) is 18.8 Å². The average molecular weight is 466 g/mol. The number of ketones is 1. The summed E-state index contributed by atoms with van der Waals surface area (Å²) in [6.07, 6.45) is 11.8. The molecule has 7 heteroatoms. The molecular formula is C23H29Cl2NO3Si. The predicted octanol–water partition coefficient (Wildman–Crippen LogP) is 6.13. The fraction of sp³-hybridized carbons (Fsp3) is 0.652. The standard InChI is InChI=1S/C23H29Cl2NO3Si/c1-20-10-7-16(27)13-15(20)5-6-17-18(20)8-11-21(2)19(17)9-12-22(21,14-26)23(24,25)30(3,4)29-28/h7-8,10,13,17,19,28H,5-6,9,11-12H2,1-4H3/t17?,19?,20-,21-,22-/m0/s1. The minimum atomic E-state index is -3.00. The molecule has 0 radical (unpaired) electrons. The monoisotopic (exact) mass is 465 g/mol. The molecule has 2 fully saturated rings. The summed E-state index contributed by atoms with van der Waals surface area (Å²) in [4.78, 5) is 11.9. The Morgan fingerprint density at radius 3 is 2.67 bits per heavy atom. The van der Waals surface area contributed by atoms with Gasteiger partial charge in [0.25, 0.3) is 8.32 Å². The van der Waals surface area contributed by atoms with Crippen LogP contribution in [0.25, 0.3) is 0 Å². The van der Waals surface area contributed by atoms with E-state index in [1.54, 1.807) is 25.2 Å². The maximum Gasteiger partial charge on any atom is 0.270 e. The van der Waals surface area contributed by atoms with Gasteiger partial charge in [-0.15, -0.1) is 23.2 Å². The highest BCUT2D eigenvalue weighted by atomic mass is 35.5. The maximum atomic E-state index is 11.9. The average Bonchev–Trinajstić information content (AvgIpc) is 3.02. The number of alkyl halides is 2. The molecule has 4 aliphatic rings. The third-order valence-corrected chi connectivity index (χ3v) is 14.6. The minimum absolute atomic E-state index is 0.0665. The molecule has 0 heterocycles. The van der Waals surface area contributed by atoms with Gasteiger partial charge in [0.1, 0.15) is 0 Å². The number of allylic oxidation sites excluding steroid dienone is 6. The third kappa shape index (κ3) is 2.55. The van der Waals surface area contributed by atoms with Crippen LogP contribution >= 0.6 is 23.2 Å². The second-order valence-electron chi connectivity index (χ2n) is 10.4. The van der Waals surface area contributed by atoms with E-state index in [2.05, 4.69) is 32.1 Å². The van der Waals surface area contributed by atoms with Crippen LogP contribution in [0, 0.1) is 39.4 Å². The number of carbonyl (C=O) groups excluding carboxylic acids is 1. The molecule has 0 spiro atoms. The molecule has 0 aromatic carbocycles.